The minimum absolute atomic E-state index is 0.0768. The van der Waals surface area contributed by atoms with Gasteiger partial charge in [-0.3, -0.25) is 4.79 Å². The van der Waals surface area contributed by atoms with Gasteiger partial charge >= 0.3 is 5.97 Å². The molecular formula is C22H34Br2O4. The molecule has 3 aliphatic carbocycles. The van der Waals surface area contributed by atoms with Crippen LogP contribution in [0.5, 0.6) is 0 Å². The van der Waals surface area contributed by atoms with Gasteiger partial charge in [-0.05, 0) is 69.6 Å². The fraction of sp³-hybridized carbons (Fsp3) is 0.955. The van der Waals surface area contributed by atoms with Gasteiger partial charge < -0.3 is 14.6 Å². The second-order valence-electron chi connectivity index (χ2n) is 10.8. The summed E-state index contributed by atoms with van der Waals surface area (Å²) in [6.45, 7) is 8.27. The first-order chi connectivity index (χ1) is 12.9. The fourth-order valence-electron chi connectivity index (χ4n) is 7.50. The van der Waals surface area contributed by atoms with Gasteiger partial charge in [0.2, 0.25) is 0 Å². The fourth-order valence-corrected chi connectivity index (χ4v) is 8.86. The van der Waals surface area contributed by atoms with Gasteiger partial charge in [-0.2, -0.15) is 0 Å². The van der Waals surface area contributed by atoms with Crippen LogP contribution in [0.3, 0.4) is 0 Å². The average Bonchev–Trinajstić information content (AvgIpc) is 3.03. The van der Waals surface area contributed by atoms with Crippen LogP contribution in [0.4, 0.5) is 0 Å². The minimum atomic E-state index is -0.696. The molecule has 6 heteroatoms. The Bertz CT molecular complexity index is 654. The second-order valence-corrected chi connectivity index (χ2v) is 13.0. The Morgan fingerprint density at radius 3 is 2.43 bits per heavy atom. The third-order valence-electron chi connectivity index (χ3n) is 8.45. The largest absolute Gasteiger partial charge is 0.459 e. The summed E-state index contributed by atoms with van der Waals surface area (Å²) in [7, 11) is 0. The molecule has 0 radical (unpaired) electrons. The molecule has 0 aromatic rings. The zero-order chi connectivity index (χ0) is 20.5. The van der Waals surface area contributed by atoms with Crippen molar-refractivity contribution in [3.8, 4) is 0 Å². The van der Waals surface area contributed by atoms with Crippen molar-refractivity contribution in [3.63, 3.8) is 0 Å². The zero-order valence-electron chi connectivity index (χ0n) is 17.5. The molecule has 4 rings (SSSR count). The molecule has 3 saturated carbocycles. The predicted molar refractivity (Wildman–Crippen MR) is 116 cm³/mol. The van der Waals surface area contributed by atoms with Crippen LogP contribution < -0.4 is 0 Å². The maximum absolute atomic E-state index is 12.1. The molecule has 0 amide bonds. The van der Waals surface area contributed by atoms with Gasteiger partial charge in [-0.15, -0.1) is 0 Å². The number of alkyl halides is 2. The Morgan fingerprint density at radius 1 is 1.11 bits per heavy atom. The Kier molecular flexibility index (Phi) is 5.34. The summed E-state index contributed by atoms with van der Waals surface area (Å²) < 4.78 is 12.3. The number of ether oxygens (including phenoxy) is 2. The van der Waals surface area contributed by atoms with E-state index in [1.54, 1.807) is 0 Å². The van der Waals surface area contributed by atoms with E-state index < -0.39 is 11.9 Å². The summed E-state index contributed by atoms with van der Waals surface area (Å²) in [5.74, 6) is 0.541. The highest BCUT2D eigenvalue weighted by Crippen LogP contribution is 2.69. The molecule has 28 heavy (non-hydrogen) atoms. The van der Waals surface area contributed by atoms with Crippen molar-refractivity contribution < 1.29 is 19.4 Å². The molecule has 8 atom stereocenters. The molecule has 2 bridgehead atoms. The molecule has 4 aliphatic rings. The number of aliphatic hydroxyl groups is 1. The molecule has 1 N–H and O–H groups in total. The van der Waals surface area contributed by atoms with E-state index >= 15 is 0 Å². The van der Waals surface area contributed by atoms with Gasteiger partial charge in [0, 0.05) is 27.9 Å². The number of carbonyl (C=O) groups excluding carboxylic acids is 1. The van der Waals surface area contributed by atoms with E-state index in [2.05, 4.69) is 52.6 Å². The van der Waals surface area contributed by atoms with E-state index in [1.165, 1.54) is 6.92 Å². The lowest BCUT2D eigenvalue weighted by Crippen LogP contribution is -2.52. The SMILES string of the molecule is CC(=O)O[C@]1(C[C@@H]2CC[C@]34[C@H](O)O[C@](C)(CC[C@@H]3Br)[C@@H]24)CC[C@H](Br)C(C)(C)C1. The molecule has 0 aromatic carbocycles. The first-order valence-electron chi connectivity index (χ1n) is 10.8. The molecular weight excluding hydrogens is 488 g/mol. The monoisotopic (exact) mass is 520 g/mol. The maximum Gasteiger partial charge on any atom is 0.303 e. The normalized spacial score (nSPS) is 52.3. The van der Waals surface area contributed by atoms with Gasteiger partial charge in [0.1, 0.15) is 5.60 Å². The van der Waals surface area contributed by atoms with Gasteiger partial charge in [0.05, 0.1) is 5.60 Å². The van der Waals surface area contributed by atoms with Crippen LogP contribution in [0.15, 0.2) is 0 Å². The van der Waals surface area contributed by atoms with Crippen LogP contribution in [0, 0.1) is 22.7 Å². The van der Waals surface area contributed by atoms with Gasteiger partial charge in [-0.1, -0.05) is 45.7 Å². The minimum Gasteiger partial charge on any atom is -0.459 e. The molecule has 1 saturated heterocycles. The summed E-state index contributed by atoms with van der Waals surface area (Å²) in [4.78, 5) is 12.8. The molecule has 1 heterocycles. The van der Waals surface area contributed by atoms with E-state index in [0.29, 0.717) is 21.5 Å². The summed E-state index contributed by atoms with van der Waals surface area (Å²) in [5, 5.41) is 10.9. The highest BCUT2D eigenvalue weighted by Gasteiger charge is 2.71. The Morgan fingerprint density at radius 2 is 1.79 bits per heavy atom. The van der Waals surface area contributed by atoms with Crippen molar-refractivity contribution in [2.75, 3.05) is 0 Å². The summed E-state index contributed by atoms with van der Waals surface area (Å²) in [6, 6.07) is 0. The van der Waals surface area contributed by atoms with E-state index in [-0.39, 0.29) is 22.4 Å². The molecule has 1 aliphatic heterocycles. The predicted octanol–water partition coefficient (Wildman–Crippen LogP) is 5.33. The highest BCUT2D eigenvalue weighted by atomic mass is 79.9. The molecule has 0 aromatic heterocycles. The third-order valence-corrected chi connectivity index (χ3v) is 11.5. The lowest BCUT2D eigenvalue weighted by molar-refractivity contribution is -0.170. The number of esters is 1. The first-order valence-corrected chi connectivity index (χ1v) is 12.6. The lowest BCUT2D eigenvalue weighted by atomic mass is 9.59. The van der Waals surface area contributed by atoms with Crippen molar-refractivity contribution in [1.82, 2.24) is 0 Å². The smallest absolute Gasteiger partial charge is 0.303 e. The van der Waals surface area contributed by atoms with Crippen LogP contribution in [-0.4, -0.2) is 38.2 Å². The number of carbonyl (C=O) groups is 1. The zero-order valence-corrected chi connectivity index (χ0v) is 20.6. The maximum atomic E-state index is 12.1. The van der Waals surface area contributed by atoms with Crippen molar-refractivity contribution in [1.29, 1.82) is 0 Å². The molecule has 0 unspecified atom stereocenters. The molecule has 160 valence electrons. The van der Waals surface area contributed by atoms with Gasteiger partial charge in [0.15, 0.2) is 6.29 Å². The third kappa shape index (κ3) is 3.15. The second kappa shape index (κ2) is 6.93. The van der Waals surface area contributed by atoms with Crippen LogP contribution >= 0.6 is 31.9 Å². The van der Waals surface area contributed by atoms with E-state index in [1.807, 2.05) is 0 Å². The number of hydrogen-bond donors (Lipinski definition) is 1. The lowest BCUT2D eigenvalue weighted by Gasteiger charge is -2.50. The van der Waals surface area contributed by atoms with Crippen molar-refractivity contribution in [3.05, 3.63) is 0 Å². The van der Waals surface area contributed by atoms with Crippen molar-refractivity contribution in [2.45, 2.75) is 106 Å². The topological polar surface area (TPSA) is 55.8 Å². The van der Waals surface area contributed by atoms with Crippen LogP contribution in [-0.2, 0) is 14.3 Å². The quantitative estimate of drug-likeness (QED) is 0.403. The average molecular weight is 522 g/mol. The van der Waals surface area contributed by atoms with Crippen molar-refractivity contribution in [2.24, 2.45) is 22.7 Å². The highest BCUT2D eigenvalue weighted by molar-refractivity contribution is 9.09. The number of aliphatic hydroxyl groups excluding tert-OH is 1. The Balaban J connectivity index is 1.64. The van der Waals surface area contributed by atoms with E-state index in [4.69, 9.17) is 9.47 Å². The van der Waals surface area contributed by atoms with Crippen LogP contribution in [0.1, 0.15) is 79.1 Å². The van der Waals surface area contributed by atoms with Gasteiger partial charge in [0.25, 0.3) is 0 Å². The first kappa shape index (κ1) is 21.6. The summed E-state index contributed by atoms with van der Waals surface area (Å²) in [5.41, 5.74) is -0.801. The molecule has 4 nitrogen and oxygen atoms in total. The number of hydrogen-bond acceptors (Lipinski definition) is 4. The van der Waals surface area contributed by atoms with E-state index in [9.17, 15) is 9.90 Å². The summed E-state index contributed by atoms with van der Waals surface area (Å²) in [6.07, 6.45) is 7.05. The van der Waals surface area contributed by atoms with Gasteiger partial charge in [-0.25, -0.2) is 0 Å². The standard InChI is InChI=1S/C22H34Br2O4/c1-13(25)27-21(9-7-15(23)19(2,3)12-21)11-14-5-10-22-16(24)6-8-20(4,17(14)22)28-18(22)26/h14-18,26H,5-12H2,1-4H3/t14-,15-,16-,17+,18+,20+,21-,22-/m0/s1. The Labute approximate surface area is 185 Å². The molecule has 0 spiro atoms. The Hall–Kier alpha value is 0.350. The van der Waals surface area contributed by atoms with Crippen LogP contribution in [0.2, 0.25) is 0 Å². The number of halogens is 2. The van der Waals surface area contributed by atoms with E-state index in [0.717, 1.165) is 51.4 Å². The number of rotatable bonds is 3. The molecule has 4 fully saturated rings. The van der Waals surface area contributed by atoms with Crippen molar-refractivity contribution >= 4 is 37.8 Å². The summed E-state index contributed by atoms with van der Waals surface area (Å²) >= 11 is 7.75. The van der Waals surface area contributed by atoms with Crippen LogP contribution in [0.25, 0.3) is 0 Å².